The first-order chi connectivity index (χ1) is 10.8. The van der Waals surface area contributed by atoms with Gasteiger partial charge in [-0.25, -0.2) is 4.39 Å². The van der Waals surface area contributed by atoms with Gasteiger partial charge in [-0.1, -0.05) is 31.6 Å². The zero-order valence-electron chi connectivity index (χ0n) is 13.8. The van der Waals surface area contributed by atoms with E-state index in [1.54, 1.807) is 6.08 Å². The quantitative estimate of drug-likeness (QED) is 0.601. The average molecular weight is 319 g/mol. The Labute approximate surface area is 136 Å². The van der Waals surface area contributed by atoms with Gasteiger partial charge in [0.2, 0.25) is 0 Å². The minimum absolute atomic E-state index is 0.103. The van der Waals surface area contributed by atoms with Gasteiger partial charge in [-0.2, -0.15) is 0 Å². The Bertz CT molecular complexity index is 639. The van der Waals surface area contributed by atoms with Crippen LogP contribution >= 0.6 is 0 Å². The van der Waals surface area contributed by atoms with Gasteiger partial charge >= 0.3 is 0 Å². The summed E-state index contributed by atoms with van der Waals surface area (Å²) in [4.78, 5) is 0. The molecule has 0 saturated heterocycles. The minimum Gasteiger partial charge on any atom is -0.389 e. The molecule has 0 radical (unpaired) electrons. The molecule has 23 heavy (non-hydrogen) atoms. The molecular weight excluding hydrogens is 293 g/mol. The van der Waals surface area contributed by atoms with Gasteiger partial charge in [0, 0.05) is 11.3 Å². The summed E-state index contributed by atoms with van der Waals surface area (Å²) in [5.41, 5.74) is 7.92. The number of hydrogen-bond acceptors (Lipinski definition) is 3. The van der Waals surface area contributed by atoms with Crippen molar-refractivity contribution < 1.29 is 14.6 Å². The van der Waals surface area contributed by atoms with E-state index >= 15 is 0 Å². The largest absolute Gasteiger partial charge is 0.389 e. The van der Waals surface area contributed by atoms with Crippen molar-refractivity contribution in [2.24, 2.45) is 28.4 Å². The van der Waals surface area contributed by atoms with Gasteiger partial charge in [0.25, 0.3) is 0 Å². The van der Waals surface area contributed by atoms with Gasteiger partial charge in [0.05, 0.1) is 18.2 Å². The lowest BCUT2D eigenvalue weighted by Gasteiger charge is -2.53. The van der Waals surface area contributed by atoms with Crippen molar-refractivity contribution in [3.63, 3.8) is 0 Å². The summed E-state index contributed by atoms with van der Waals surface area (Å²) in [6, 6.07) is -0.567. The Morgan fingerprint density at radius 1 is 1.26 bits per heavy atom. The summed E-state index contributed by atoms with van der Waals surface area (Å²) in [6.07, 6.45) is 7.67. The first-order valence-electron chi connectivity index (χ1n) is 8.69. The van der Waals surface area contributed by atoms with Crippen molar-refractivity contribution in [3.05, 3.63) is 35.2 Å². The molecule has 4 heteroatoms. The lowest BCUT2D eigenvalue weighted by molar-refractivity contribution is 0.0488. The number of allylic oxidation sites excluding steroid dienone is 3. The number of rotatable bonds is 0. The summed E-state index contributed by atoms with van der Waals surface area (Å²) in [6.45, 7) is 4.26. The van der Waals surface area contributed by atoms with Crippen molar-refractivity contribution in [1.82, 2.24) is 0 Å². The maximum Gasteiger partial charge on any atom is 0.114 e. The SMILES string of the molecule is C[C@]12C=CC(O)CC1CC(O)C1=C2CC[C@]2(C)C(N)C(F)=C[C@@H]12. The zero-order chi connectivity index (χ0) is 16.6. The van der Waals surface area contributed by atoms with E-state index in [0.717, 1.165) is 18.4 Å². The highest BCUT2D eigenvalue weighted by atomic mass is 19.1. The lowest BCUT2D eigenvalue weighted by Crippen LogP contribution is -2.50. The molecule has 3 nitrogen and oxygen atoms in total. The molecule has 0 heterocycles. The number of fused-ring (bicyclic) bond motifs is 4. The number of nitrogens with two attached hydrogens (primary N) is 1. The zero-order valence-corrected chi connectivity index (χ0v) is 13.8. The molecule has 4 N–H and O–H groups in total. The fourth-order valence-corrected chi connectivity index (χ4v) is 5.58. The van der Waals surface area contributed by atoms with E-state index in [4.69, 9.17) is 5.73 Å². The van der Waals surface area contributed by atoms with E-state index in [9.17, 15) is 14.6 Å². The van der Waals surface area contributed by atoms with Gasteiger partial charge in [-0.3, -0.25) is 0 Å². The molecule has 0 fully saturated rings. The van der Waals surface area contributed by atoms with Crippen molar-refractivity contribution in [2.75, 3.05) is 0 Å². The van der Waals surface area contributed by atoms with E-state index in [-0.39, 0.29) is 28.5 Å². The van der Waals surface area contributed by atoms with Gasteiger partial charge < -0.3 is 15.9 Å². The second kappa shape index (κ2) is 4.78. The first kappa shape index (κ1) is 15.6. The van der Waals surface area contributed by atoms with Gasteiger partial charge in [-0.15, -0.1) is 0 Å². The monoisotopic (exact) mass is 319 g/mol. The predicted molar refractivity (Wildman–Crippen MR) is 87.0 cm³/mol. The van der Waals surface area contributed by atoms with Gasteiger partial charge in [0.1, 0.15) is 5.83 Å². The average Bonchev–Trinajstić information content (AvgIpc) is 2.73. The highest BCUT2D eigenvalue weighted by Gasteiger charge is 2.56. The number of aliphatic hydroxyl groups excluding tert-OH is 2. The molecule has 0 spiro atoms. The molecule has 0 saturated carbocycles. The molecule has 4 rings (SSSR count). The predicted octanol–water partition coefficient (Wildman–Crippen LogP) is 2.60. The number of halogens is 1. The highest BCUT2D eigenvalue weighted by Crippen LogP contribution is 2.61. The summed E-state index contributed by atoms with van der Waals surface area (Å²) < 4.78 is 14.2. The van der Waals surface area contributed by atoms with E-state index in [1.165, 1.54) is 5.57 Å². The summed E-state index contributed by atoms with van der Waals surface area (Å²) in [5.74, 6) is -0.0980. The van der Waals surface area contributed by atoms with Crippen LogP contribution in [0.15, 0.2) is 35.2 Å². The molecule has 0 bridgehead atoms. The third-order valence-electron chi connectivity index (χ3n) is 7.20. The van der Waals surface area contributed by atoms with Crippen LogP contribution in [0.25, 0.3) is 0 Å². The molecule has 126 valence electrons. The van der Waals surface area contributed by atoms with Crippen molar-refractivity contribution in [3.8, 4) is 0 Å². The van der Waals surface area contributed by atoms with E-state index in [2.05, 4.69) is 19.9 Å². The Hall–Kier alpha value is -0.970. The van der Waals surface area contributed by atoms with Crippen LogP contribution in [0.5, 0.6) is 0 Å². The molecule has 0 aromatic carbocycles. The van der Waals surface area contributed by atoms with E-state index in [1.807, 2.05) is 6.08 Å². The van der Waals surface area contributed by atoms with Crippen LogP contribution in [0.1, 0.15) is 39.5 Å². The molecular formula is C19H26FNO2. The van der Waals surface area contributed by atoms with Crippen molar-refractivity contribution in [1.29, 1.82) is 0 Å². The van der Waals surface area contributed by atoms with Gasteiger partial charge in [-0.05, 0) is 48.7 Å². The van der Waals surface area contributed by atoms with Crippen LogP contribution in [-0.2, 0) is 0 Å². The third-order valence-corrected chi connectivity index (χ3v) is 7.20. The van der Waals surface area contributed by atoms with Crippen LogP contribution < -0.4 is 5.73 Å². The molecule has 7 atom stereocenters. The summed E-state index contributed by atoms with van der Waals surface area (Å²) >= 11 is 0. The van der Waals surface area contributed by atoms with E-state index < -0.39 is 18.2 Å². The second-order valence-corrected chi connectivity index (χ2v) is 8.34. The first-order valence-corrected chi connectivity index (χ1v) is 8.69. The number of hydrogen-bond donors (Lipinski definition) is 3. The Morgan fingerprint density at radius 3 is 2.74 bits per heavy atom. The second-order valence-electron chi connectivity index (χ2n) is 8.34. The van der Waals surface area contributed by atoms with Crippen LogP contribution in [0.3, 0.4) is 0 Å². The van der Waals surface area contributed by atoms with Gasteiger partial charge in [0.15, 0.2) is 0 Å². The molecule has 4 unspecified atom stereocenters. The fraction of sp³-hybridized carbons (Fsp3) is 0.684. The van der Waals surface area contributed by atoms with Crippen LogP contribution in [0.4, 0.5) is 4.39 Å². The number of aliphatic hydroxyl groups is 2. The normalized spacial score (nSPS) is 51.9. The van der Waals surface area contributed by atoms with E-state index in [0.29, 0.717) is 12.8 Å². The smallest absolute Gasteiger partial charge is 0.114 e. The fourth-order valence-electron chi connectivity index (χ4n) is 5.58. The van der Waals surface area contributed by atoms with Crippen molar-refractivity contribution in [2.45, 2.75) is 57.8 Å². The Morgan fingerprint density at radius 2 is 2.00 bits per heavy atom. The molecule has 0 aromatic rings. The lowest BCUT2D eigenvalue weighted by atomic mass is 9.52. The van der Waals surface area contributed by atoms with Crippen LogP contribution in [0.2, 0.25) is 0 Å². The van der Waals surface area contributed by atoms with Crippen molar-refractivity contribution >= 4 is 0 Å². The topological polar surface area (TPSA) is 66.5 Å². The molecule has 0 aliphatic heterocycles. The molecule has 4 aliphatic carbocycles. The standard InChI is InChI=1S/C19H26FNO2/c1-18-5-3-11(22)7-10(18)8-15(23)16-12(18)4-6-19(2)13(16)9-14(20)17(19)21/h3,5,9-11,13,15,17,22-23H,4,6-8,21H2,1-2H3/t10?,11?,13-,15?,17?,18-,19-/m0/s1. The summed E-state index contributed by atoms with van der Waals surface area (Å²) in [5, 5.41) is 20.8. The van der Waals surface area contributed by atoms with Crippen LogP contribution in [-0.4, -0.2) is 28.5 Å². The molecule has 0 amide bonds. The molecule has 4 aliphatic rings. The maximum absolute atomic E-state index is 14.2. The third kappa shape index (κ3) is 1.92. The molecule has 0 aromatic heterocycles. The highest BCUT2D eigenvalue weighted by molar-refractivity contribution is 5.44. The summed E-state index contributed by atoms with van der Waals surface area (Å²) in [7, 11) is 0. The van der Waals surface area contributed by atoms with Crippen LogP contribution in [0, 0.1) is 22.7 Å². The Balaban J connectivity index is 1.86. The maximum atomic E-state index is 14.2. The minimum atomic E-state index is -0.567. The Kier molecular flexibility index (Phi) is 3.23.